The van der Waals surface area contributed by atoms with Crippen LogP contribution in [0.5, 0.6) is 0 Å². The number of nitrogens with zero attached hydrogens (tertiary/aromatic N) is 3. The zero-order valence-corrected chi connectivity index (χ0v) is 16.8. The van der Waals surface area contributed by atoms with Crippen LogP contribution in [0.4, 0.5) is 8.78 Å². The monoisotopic (exact) mass is 408 g/mol. The van der Waals surface area contributed by atoms with E-state index >= 15 is 0 Å². The van der Waals surface area contributed by atoms with E-state index in [4.69, 9.17) is 10.7 Å². The quantitative estimate of drug-likeness (QED) is 0.712. The molecule has 0 fully saturated rings. The summed E-state index contributed by atoms with van der Waals surface area (Å²) in [6.45, 7) is 3.59. The molecule has 1 aliphatic heterocycles. The lowest BCUT2D eigenvalue weighted by Crippen LogP contribution is -2.49. The fourth-order valence-corrected chi connectivity index (χ4v) is 3.47. The Kier molecular flexibility index (Phi) is 4.99. The molecule has 0 saturated carbocycles. The van der Waals surface area contributed by atoms with Crippen molar-refractivity contribution in [1.82, 2.24) is 14.5 Å². The summed E-state index contributed by atoms with van der Waals surface area (Å²) in [5, 5.41) is 0. The first-order valence-corrected chi connectivity index (χ1v) is 9.61. The lowest BCUT2D eigenvalue weighted by Gasteiger charge is -2.28. The summed E-state index contributed by atoms with van der Waals surface area (Å²) in [7, 11) is 0. The van der Waals surface area contributed by atoms with Crippen molar-refractivity contribution >= 4 is 12.1 Å². The number of nitrogens with two attached hydrogens (primary N) is 1. The molecule has 154 valence electrons. The van der Waals surface area contributed by atoms with Crippen LogP contribution in [0.2, 0.25) is 0 Å². The van der Waals surface area contributed by atoms with Crippen LogP contribution in [0.15, 0.2) is 54.7 Å². The highest BCUT2D eigenvalue weighted by Gasteiger charge is 2.30. The van der Waals surface area contributed by atoms with Crippen molar-refractivity contribution in [2.24, 2.45) is 5.73 Å². The largest absolute Gasteiger partial charge is 0.318 e. The van der Waals surface area contributed by atoms with Gasteiger partial charge in [-0.3, -0.25) is 4.79 Å². The number of aromatic nitrogens is 2. The summed E-state index contributed by atoms with van der Waals surface area (Å²) in [6.07, 6.45) is 3.97. The van der Waals surface area contributed by atoms with Gasteiger partial charge in [0.1, 0.15) is 17.5 Å². The van der Waals surface area contributed by atoms with E-state index in [1.165, 1.54) is 24.3 Å². The molecule has 2 heterocycles. The minimum absolute atomic E-state index is 0.212. The van der Waals surface area contributed by atoms with Crippen molar-refractivity contribution in [3.05, 3.63) is 83.4 Å². The van der Waals surface area contributed by atoms with Crippen LogP contribution in [0, 0.1) is 11.6 Å². The van der Waals surface area contributed by atoms with E-state index in [-0.39, 0.29) is 24.1 Å². The third kappa shape index (κ3) is 3.89. The average molecular weight is 408 g/mol. The first-order chi connectivity index (χ1) is 14.2. The second-order valence-electron chi connectivity index (χ2n) is 7.96. The lowest BCUT2D eigenvalue weighted by atomic mass is 10.0. The van der Waals surface area contributed by atoms with E-state index in [1.54, 1.807) is 55.4 Å². The van der Waals surface area contributed by atoms with Gasteiger partial charge in [-0.05, 0) is 55.8 Å². The number of hydrogen-bond donors (Lipinski definition) is 1. The fraction of sp³-hybridized carbons (Fsp3) is 0.217. The summed E-state index contributed by atoms with van der Waals surface area (Å²) >= 11 is 0. The van der Waals surface area contributed by atoms with E-state index in [0.717, 1.165) is 16.8 Å². The predicted octanol–water partition coefficient (Wildman–Crippen LogP) is 3.93. The Morgan fingerprint density at radius 1 is 1.03 bits per heavy atom. The molecule has 0 aliphatic carbocycles. The number of carbonyl (C=O) groups is 1. The zero-order chi connectivity index (χ0) is 21.5. The summed E-state index contributed by atoms with van der Waals surface area (Å²) in [5.41, 5.74) is 8.21. The number of amides is 1. The average Bonchev–Trinajstić information content (AvgIpc) is 3.06. The van der Waals surface area contributed by atoms with Gasteiger partial charge in [-0.1, -0.05) is 12.1 Å². The smallest absolute Gasteiger partial charge is 0.246 e. The van der Waals surface area contributed by atoms with E-state index in [0.29, 0.717) is 17.9 Å². The lowest BCUT2D eigenvalue weighted by molar-refractivity contribution is -0.133. The Labute approximate surface area is 173 Å². The number of benzene rings is 2. The number of hydrogen-bond acceptors (Lipinski definition) is 3. The van der Waals surface area contributed by atoms with Gasteiger partial charge in [0, 0.05) is 24.4 Å². The third-order valence-corrected chi connectivity index (χ3v) is 5.01. The van der Waals surface area contributed by atoms with Gasteiger partial charge in [0.15, 0.2) is 0 Å². The normalized spacial score (nSPS) is 13.4. The van der Waals surface area contributed by atoms with E-state index in [9.17, 15) is 13.6 Å². The van der Waals surface area contributed by atoms with Crippen molar-refractivity contribution in [2.45, 2.75) is 32.4 Å². The van der Waals surface area contributed by atoms with Crippen molar-refractivity contribution in [3.63, 3.8) is 0 Å². The van der Waals surface area contributed by atoms with Crippen LogP contribution in [0.25, 0.3) is 17.5 Å². The summed E-state index contributed by atoms with van der Waals surface area (Å²) in [4.78, 5) is 18.9. The van der Waals surface area contributed by atoms with Gasteiger partial charge in [-0.2, -0.15) is 0 Å². The van der Waals surface area contributed by atoms with Gasteiger partial charge in [-0.25, -0.2) is 13.8 Å². The standard InChI is InChI=1S/C23H22F2N4O/c1-23(2,26)22(30)28-11-12-29-19(13-15-3-7-17(24)8-4-15)21(27-20(29)14-28)16-5-9-18(25)10-6-16/h3-12H,13-14,26H2,1-2H3. The molecule has 2 N–H and O–H groups in total. The molecule has 1 aliphatic rings. The predicted molar refractivity (Wildman–Crippen MR) is 111 cm³/mol. The number of fused-ring (bicyclic) bond motifs is 1. The molecule has 0 atom stereocenters. The fourth-order valence-electron chi connectivity index (χ4n) is 3.47. The van der Waals surface area contributed by atoms with Crippen molar-refractivity contribution in [1.29, 1.82) is 0 Å². The molecule has 7 heteroatoms. The maximum Gasteiger partial charge on any atom is 0.246 e. The Morgan fingerprint density at radius 3 is 2.23 bits per heavy atom. The minimum atomic E-state index is -1.00. The molecule has 30 heavy (non-hydrogen) atoms. The topological polar surface area (TPSA) is 64.2 Å². The van der Waals surface area contributed by atoms with Crippen LogP contribution < -0.4 is 5.73 Å². The van der Waals surface area contributed by atoms with Gasteiger partial charge < -0.3 is 15.2 Å². The highest BCUT2D eigenvalue weighted by Crippen LogP contribution is 2.30. The molecule has 1 amide bonds. The van der Waals surface area contributed by atoms with Gasteiger partial charge in [0.05, 0.1) is 23.5 Å². The zero-order valence-electron chi connectivity index (χ0n) is 16.8. The number of halogens is 2. The summed E-state index contributed by atoms with van der Waals surface area (Å²) in [5.74, 6) is -0.168. The van der Waals surface area contributed by atoms with E-state index in [1.807, 2.05) is 4.57 Å². The Hall–Kier alpha value is -3.32. The molecule has 1 aromatic heterocycles. The maximum atomic E-state index is 13.4. The molecule has 0 unspecified atom stereocenters. The molecule has 0 radical (unpaired) electrons. The first-order valence-electron chi connectivity index (χ1n) is 9.61. The third-order valence-electron chi connectivity index (χ3n) is 5.01. The molecule has 0 bridgehead atoms. The molecule has 0 spiro atoms. The molecule has 3 aromatic rings. The van der Waals surface area contributed by atoms with Crippen LogP contribution >= 0.6 is 0 Å². The molecule has 2 aromatic carbocycles. The van der Waals surface area contributed by atoms with Gasteiger partial charge in [0.2, 0.25) is 5.91 Å². The van der Waals surface area contributed by atoms with Crippen LogP contribution in [0.3, 0.4) is 0 Å². The molecular formula is C23H22F2N4O. The Bertz CT molecular complexity index is 1110. The van der Waals surface area contributed by atoms with Gasteiger partial charge in [0.25, 0.3) is 0 Å². The number of carbonyl (C=O) groups excluding carboxylic acids is 1. The van der Waals surface area contributed by atoms with Gasteiger partial charge >= 0.3 is 0 Å². The highest BCUT2D eigenvalue weighted by molar-refractivity contribution is 5.86. The number of imidazole rings is 1. The molecule has 5 nitrogen and oxygen atoms in total. The minimum Gasteiger partial charge on any atom is -0.318 e. The summed E-state index contributed by atoms with van der Waals surface area (Å²) in [6, 6.07) is 12.4. The van der Waals surface area contributed by atoms with Crippen molar-refractivity contribution in [2.75, 3.05) is 0 Å². The Morgan fingerprint density at radius 2 is 1.63 bits per heavy atom. The van der Waals surface area contributed by atoms with Crippen LogP contribution in [-0.2, 0) is 17.8 Å². The maximum absolute atomic E-state index is 13.4. The van der Waals surface area contributed by atoms with E-state index in [2.05, 4.69) is 0 Å². The Balaban J connectivity index is 1.76. The molecule has 0 saturated heterocycles. The molecular weight excluding hydrogens is 386 g/mol. The SMILES string of the molecule is CC(C)(N)C(=O)N1C=Cn2c(nc(-c3ccc(F)cc3)c2Cc2ccc(F)cc2)C1. The van der Waals surface area contributed by atoms with Gasteiger partial charge in [-0.15, -0.1) is 0 Å². The van der Waals surface area contributed by atoms with Crippen molar-refractivity contribution in [3.8, 4) is 11.3 Å². The second kappa shape index (κ2) is 7.50. The number of rotatable bonds is 4. The van der Waals surface area contributed by atoms with Crippen LogP contribution in [0.1, 0.15) is 30.9 Å². The van der Waals surface area contributed by atoms with Crippen molar-refractivity contribution < 1.29 is 13.6 Å². The highest BCUT2D eigenvalue weighted by atomic mass is 19.1. The molecule has 4 rings (SSSR count). The summed E-state index contributed by atoms with van der Waals surface area (Å²) < 4.78 is 28.7. The van der Waals surface area contributed by atoms with E-state index < -0.39 is 5.54 Å². The second-order valence-corrected chi connectivity index (χ2v) is 7.96. The van der Waals surface area contributed by atoms with Crippen LogP contribution in [-0.4, -0.2) is 25.9 Å². The first kappa shape index (κ1) is 20.0.